The van der Waals surface area contributed by atoms with Crippen LogP contribution in [0.1, 0.15) is 5.01 Å². The Morgan fingerprint density at radius 1 is 1.40 bits per heavy atom. The van der Waals surface area contributed by atoms with E-state index in [4.69, 9.17) is 10.1 Å². The molecular formula is C18H22N4O2S. The van der Waals surface area contributed by atoms with Gasteiger partial charge in [-0.2, -0.15) is 0 Å². The van der Waals surface area contributed by atoms with Crippen molar-refractivity contribution < 1.29 is 9.84 Å². The van der Waals surface area contributed by atoms with Crippen LogP contribution in [0.2, 0.25) is 0 Å². The van der Waals surface area contributed by atoms with Gasteiger partial charge in [0.25, 0.3) is 0 Å². The second-order valence-electron chi connectivity index (χ2n) is 6.16. The van der Waals surface area contributed by atoms with E-state index in [1.807, 2.05) is 48.6 Å². The summed E-state index contributed by atoms with van der Waals surface area (Å²) < 4.78 is 5.26. The quantitative estimate of drug-likeness (QED) is 0.831. The molecule has 0 saturated carbocycles. The number of hydrogen-bond donors (Lipinski definition) is 2. The van der Waals surface area contributed by atoms with Gasteiger partial charge in [0.05, 0.1) is 24.9 Å². The molecule has 1 aliphatic heterocycles. The van der Waals surface area contributed by atoms with Crippen LogP contribution >= 0.6 is 11.3 Å². The average molecular weight is 358 g/mol. The standard InChI is InChI=1S/C18H22N4O2S/c1-21(2)7-8-22-10-15(23)16(17(22)19)18-20-14(11-25-18)12-5-4-6-13(9-12)24-3/h4-6,9,11,19,23H,7-8,10H2,1-3H3. The van der Waals surface area contributed by atoms with Crippen LogP contribution in [-0.2, 0) is 0 Å². The molecule has 0 fully saturated rings. The number of rotatable bonds is 6. The summed E-state index contributed by atoms with van der Waals surface area (Å²) in [5, 5.41) is 21.3. The van der Waals surface area contributed by atoms with E-state index in [2.05, 4.69) is 9.88 Å². The van der Waals surface area contributed by atoms with E-state index < -0.39 is 0 Å². The van der Waals surface area contributed by atoms with Crippen molar-refractivity contribution >= 4 is 22.7 Å². The van der Waals surface area contributed by atoms with E-state index in [9.17, 15) is 5.11 Å². The maximum Gasteiger partial charge on any atom is 0.135 e. The number of aliphatic hydroxyl groups excluding tert-OH is 1. The van der Waals surface area contributed by atoms with Crippen LogP contribution in [0.25, 0.3) is 16.8 Å². The Hall–Kier alpha value is -2.38. The number of aliphatic hydroxyl groups is 1. The highest BCUT2D eigenvalue weighted by Crippen LogP contribution is 2.32. The molecule has 0 saturated heterocycles. The van der Waals surface area contributed by atoms with Crippen LogP contribution in [0.4, 0.5) is 0 Å². The molecule has 0 atom stereocenters. The number of likely N-dealkylation sites (N-methyl/N-ethyl adjacent to an activating group) is 1. The van der Waals surface area contributed by atoms with E-state index in [0.29, 0.717) is 29.5 Å². The molecule has 0 spiro atoms. The van der Waals surface area contributed by atoms with Crippen LogP contribution in [0.5, 0.6) is 5.75 Å². The third kappa shape index (κ3) is 3.67. The van der Waals surface area contributed by atoms with Crippen LogP contribution < -0.4 is 4.74 Å². The third-order valence-electron chi connectivity index (χ3n) is 4.08. The smallest absolute Gasteiger partial charge is 0.135 e. The summed E-state index contributed by atoms with van der Waals surface area (Å²) in [4.78, 5) is 8.57. The molecule has 1 aromatic carbocycles. The lowest BCUT2D eigenvalue weighted by atomic mass is 10.1. The van der Waals surface area contributed by atoms with Gasteiger partial charge < -0.3 is 19.6 Å². The van der Waals surface area contributed by atoms with Gasteiger partial charge in [0.2, 0.25) is 0 Å². The molecule has 0 bridgehead atoms. The van der Waals surface area contributed by atoms with Crippen molar-refractivity contribution in [3.63, 3.8) is 0 Å². The Bertz CT molecular complexity index is 813. The summed E-state index contributed by atoms with van der Waals surface area (Å²) in [7, 11) is 5.63. The molecule has 132 valence electrons. The Balaban J connectivity index is 1.82. The van der Waals surface area contributed by atoms with Crippen molar-refractivity contribution in [3.8, 4) is 17.0 Å². The van der Waals surface area contributed by atoms with Gasteiger partial charge in [-0.1, -0.05) is 12.1 Å². The highest BCUT2D eigenvalue weighted by atomic mass is 32.1. The molecule has 25 heavy (non-hydrogen) atoms. The van der Waals surface area contributed by atoms with Crippen LogP contribution in [0.15, 0.2) is 35.4 Å². The minimum Gasteiger partial charge on any atom is -0.510 e. The van der Waals surface area contributed by atoms with E-state index >= 15 is 0 Å². The van der Waals surface area contributed by atoms with Gasteiger partial charge in [-0.05, 0) is 26.2 Å². The molecule has 1 aromatic heterocycles. The van der Waals surface area contributed by atoms with Gasteiger partial charge in [0, 0.05) is 24.0 Å². The number of benzene rings is 1. The van der Waals surface area contributed by atoms with Gasteiger partial charge in [-0.15, -0.1) is 11.3 Å². The number of nitrogens with one attached hydrogen (secondary N) is 1. The summed E-state index contributed by atoms with van der Waals surface area (Å²) >= 11 is 1.44. The molecule has 1 aliphatic rings. The molecule has 2 N–H and O–H groups in total. The minimum atomic E-state index is 0.218. The molecule has 0 radical (unpaired) electrons. The van der Waals surface area contributed by atoms with Crippen LogP contribution in [0, 0.1) is 5.41 Å². The largest absolute Gasteiger partial charge is 0.510 e. The summed E-state index contributed by atoms with van der Waals surface area (Å²) in [6.45, 7) is 1.90. The van der Waals surface area contributed by atoms with Crippen molar-refractivity contribution in [1.82, 2.24) is 14.8 Å². The maximum atomic E-state index is 10.3. The van der Waals surface area contributed by atoms with Gasteiger partial charge in [-0.3, -0.25) is 5.41 Å². The Labute approximate surface area is 151 Å². The second kappa shape index (κ2) is 7.25. The molecule has 0 unspecified atom stereocenters. The molecular weight excluding hydrogens is 336 g/mol. The van der Waals surface area contributed by atoms with Crippen molar-refractivity contribution in [1.29, 1.82) is 5.41 Å². The zero-order valence-corrected chi connectivity index (χ0v) is 15.4. The number of amidine groups is 1. The summed E-state index contributed by atoms with van der Waals surface area (Å²) in [5.74, 6) is 1.33. The van der Waals surface area contributed by atoms with Crippen molar-refractivity contribution in [2.75, 3.05) is 40.8 Å². The topological polar surface area (TPSA) is 72.7 Å². The Morgan fingerprint density at radius 3 is 2.92 bits per heavy atom. The first-order valence-electron chi connectivity index (χ1n) is 8.00. The first-order chi connectivity index (χ1) is 12.0. The predicted octanol–water partition coefficient (Wildman–Crippen LogP) is 2.94. The fourth-order valence-corrected chi connectivity index (χ4v) is 3.57. The molecule has 0 aliphatic carbocycles. The SMILES string of the molecule is COc1cccc(-c2csc(C3=C(O)CN(CCN(C)C)C3=N)n2)c1. The minimum absolute atomic E-state index is 0.218. The van der Waals surface area contributed by atoms with Crippen molar-refractivity contribution in [2.24, 2.45) is 0 Å². The van der Waals surface area contributed by atoms with Gasteiger partial charge in [0.15, 0.2) is 0 Å². The van der Waals surface area contributed by atoms with Crippen LogP contribution in [0.3, 0.4) is 0 Å². The fourth-order valence-electron chi connectivity index (χ4n) is 2.67. The fraction of sp³-hybridized carbons (Fsp3) is 0.333. The molecule has 0 amide bonds. The molecule has 3 rings (SSSR count). The molecule has 6 nitrogen and oxygen atoms in total. The molecule has 2 aromatic rings. The normalized spacial score (nSPS) is 14.7. The van der Waals surface area contributed by atoms with Crippen molar-refractivity contribution in [3.05, 3.63) is 40.4 Å². The number of aromatic nitrogens is 1. The second-order valence-corrected chi connectivity index (χ2v) is 7.02. The number of methoxy groups -OCH3 is 1. The average Bonchev–Trinajstić information content (AvgIpc) is 3.17. The maximum absolute atomic E-state index is 10.3. The molecule has 2 heterocycles. The lowest BCUT2D eigenvalue weighted by molar-refractivity contribution is 0.313. The number of ether oxygens (including phenoxy) is 1. The number of hydrogen-bond acceptors (Lipinski definition) is 6. The zero-order chi connectivity index (χ0) is 18.0. The van der Waals surface area contributed by atoms with Gasteiger partial charge in [0.1, 0.15) is 22.4 Å². The monoisotopic (exact) mass is 358 g/mol. The van der Waals surface area contributed by atoms with Crippen LogP contribution in [-0.4, -0.2) is 66.6 Å². The lowest BCUT2D eigenvalue weighted by Gasteiger charge is -2.20. The first kappa shape index (κ1) is 17.4. The van der Waals surface area contributed by atoms with E-state index in [1.54, 1.807) is 7.11 Å². The van der Waals surface area contributed by atoms with E-state index in [1.165, 1.54) is 11.3 Å². The van der Waals surface area contributed by atoms with E-state index in [-0.39, 0.29) is 5.76 Å². The summed E-state index contributed by atoms with van der Waals surface area (Å²) in [6.07, 6.45) is 0. The van der Waals surface area contributed by atoms with Gasteiger partial charge in [-0.25, -0.2) is 4.98 Å². The Morgan fingerprint density at radius 2 is 2.20 bits per heavy atom. The third-order valence-corrected chi connectivity index (χ3v) is 4.94. The summed E-state index contributed by atoms with van der Waals surface area (Å²) in [5.41, 5.74) is 2.31. The summed E-state index contributed by atoms with van der Waals surface area (Å²) in [6, 6.07) is 7.71. The van der Waals surface area contributed by atoms with Gasteiger partial charge >= 0.3 is 0 Å². The first-order valence-corrected chi connectivity index (χ1v) is 8.88. The molecule has 7 heteroatoms. The highest BCUT2D eigenvalue weighted by Gasteiger charge is 2.30. The number of thiazole rings is 1. The predicted molar refractivity (Wildman–Crippen MR) is 102 cm³/mol. The Kier molecular flexibility index (Phi) is 5.06. The van der Waals surface area contributed by atoms with E-state index in [0.717, 1.165) is 23.6 Å². The zero-order valence-electron chi connectivity index (χ0n) is 14.6. The lowest BCUT2D eigenvalue weighted by Crippen LogP contribution is -2.33. The van der Waals surface area contributed by atoms with Crippen molar-refractivity contribution in [2.45, 2.75) is 0 Å². The highest BCUT2D eigenvalue weighted by molar-refractivity contribution is 7.11. The number of nitrogens with zero attached hydrogens (tertiary/aromatic N) is 3.